The molecule has 0 radical (unpaired) electrons. The van der Waals surface area contributed by atoms with Crippen LogP contribution in [0.3, 0.4) is 0 Å². The minimum Gasteiger partial charge on any atom is -0.366 e. The lowest BCUT2D eigenvalue weighted by Crippen LogP contribution is -2.13. The summed E-state index contributed by atoms with van der Waals surface area (Å²) in [5, 5.41) is 0. The molecule has 0 atom stereocenters. The Morgan fingerprint density at radius 3 is 2.25 bits per heavy atom. The number of aryl methyl sites for hydroxylation is 2. The predicted molar refractivity (Wildman–Crippen MR) is 68.3 cm³/mol. The molecule has 0 fully saturated rings. The Balaban J connectivity index is 3.47. The molecule has 1 aromatic carbocycles. The molecule has 0 saturated carbocycles. The van der Waals surface area contributed by atoms with Crippen LogP contribution >= 0.6 is 0 Å². The standard InChI is InChI=1S/C14H17NO/c1-5-11(6-2)12-8-13(14(15)16)10(4)7-9(12)3/h5-8H,1H2,2-4H3,(H2,15,16)/b11-6+. The number of rotatable bonds is 3. The second-order valence-electron chi connectivity index (χ2n) is 3.79. The molecule has 0 heterocycles. The van der Waals surface area contributed by atoms with Crippen molar-refractivity contribution in [3.8, 4) is 0 Å². The average molecular weight is 215 g/mol. The summed E-state index contributed by atoms with van der Waals surface area (Å²) in [7, 11) is 0. The van der Waals surface area contributed by atoms with Crippen LogP contribution in [0.15, 0.2) is 30.9 Å². The fourth-order valence-corrected chi connectivity index (χ4v) is 1.81. The summed E-state index contributed by atoms with van der Waals surface area (Å²) in [5.74, 6) is -0.390. The molecular formula is C14H17NO. The molecule has 2 heteroatoms. The maximum Gasteiger partial charge on any atom is 0.248 e. The van der Waals surface area contributed by atoms with Gasteiger partial charge in [0.05, 0.1) is 0 Å². The van der Waals surface area contributed by atoms with Crippen molar-refractivity contribution in [1.29, 1.82) is 0 Å². The molecule has 1 rings (SSSR count). The fraction of sp³-hybridized carbons (Fsp3) is 0.214. The predicted octanol–water partition coefficient (Wildman–Crippen LogP) is 2.99. The molecule has 0 saturated heterocycles. The van der Waals surface area contributed by atoms with Gasteiger partial charge < -0.3 is 5.73 Å². The summed E-state index contributed by atoms with van der Waals surface area (Å²) in [6.07, 6.45) is 3.75. The van der Waals surface area contributed by atoms with E-state index in [1.54, 1.807) is 6.08 Å². The number of hydrogen-bond donors (Lipinski definition) is 1. The van der Waals surface area contributed by atoms with Crippen molar-refractivity contribution in [3.05, 3.63) is 53.1 Å². The molecule has 1 amide bonds. The molecule has 0 aliphatic heterocycles. The highest BCUT2D eigenvalue weighted by atomic mass is 16.1. The van der Waals surface area contributed by atoms with Crippen molar-refractivity contribution < 1.29 is 4.79 Å². The number of nitrogens with two attached hydrogens (primary N) is 1. The molecule has 2 N–H and O–H groups in total. The molecule has 0 bridgehead atoms. The van der Waals surface area contributed by atoms with Gasteiger partial charge >= 0.3 is 0 Å². The van der Waals surface area contributed by atoms with Crippen molar-refractivity contribution in [2.24, 2.45) is 5.73 Å². The molecule has 0 spiro atoms. The van der Waals surface area contributed by atoms with Gasteiger partial charge in [0.25, 0.3) is 0 Å². The molecule has 0 aromatic heterocycles. The number of amides is 1. The van der Waals surface area contributed by atoms with Crippen LogP contribution in [0, 0.1) is 13.8 Å². The SMILES string of the molecule is C=C/C(=C\C)c1cc(C(N)=O)c(C)cc1C. The Morgan fingerprint density at radius 1 is 1.25 bits per heavy atom. The van der Waals surface area contributed by atoms with Gasteiger partial charge in [-0.05, 0) is 49.1 Å². The first-order chi connectivity index (χ1) is 7.51. The minimum atomic E-state index is -0.390. The first-order valence-electron chi connectivity index (χ1n) is 5.21. The molecule has 16 heavy (non-hydrogen) atoms. The topological polar surface area (TPSA) is 43.1 Å². The van der Waals surface area contributed by atoms with Crippen molar-refractivity contribution in [1.82, 2.24) is 0 Å². The summed E-state index contributed by atoms with van der Waals surface area (Å²) in [6.45, 7) is 9.61. The van der Waals surface area contributed by atoms with E-state index in [4.69, 9.17) is 5.73 Å². The van der Waals surface area contributed by atoms with Gasteiger partial charge in [0, 0.05) is 5.56 Å². The van der Waals surface area contributed by atoms with E-state index in [0.717, 1.165) is 22.3 Å². The van der Waals surface area contributed by atoms with Crippen LogP contribution in [0.5, 0.6) is 0 Å². The summed E-state index contributed by atoms with van der Waals surface area (Å²) < 4.78 is 0. The number of primary amides is 1. The zero-order valence-electron chi connectivity index (χ0n) is 10.0. The van der Waals surface area contributed by atoms with Crippen LogP contribution in [-0.2, 0) is 0 Å². The van der Waals surface area contributed by atoms with Gasteiger partial charge in [-0.2, -0.15) is 0 Å². The van der Waals surface area contributed by atoms with Crippen LogP contribution in [0.4, 0.5) is 0 Å². The molecule has 2 nitrogen and oxygen atoms in total. The van der Waals surface area contributed by atoms with E-state index in [0.29, 0.717) is 5.56 Å². The zero-order chi connectivity index (χ0) is 12.3. The lowest BCUT2D eigenvalue weighted by molar-refractivity contribution is 0.0999. The van der Waals surface area contributed by atoms with Crippen LogP contribution in [0.25, 0.3) is 5.57 Å². The lowest BCUT2D eigenvalue weighted by Gasteiger charge is -2.11. The average Bonchev–Trinajstić information content (AvgIpc) is 2.22. The van der Waals surface area contributed by atoms with Gasteiger partial charge in [-0.3, -0.25) is 4.79 Å². The minimum absolute atomic E-state index is 0.390. The van der Waals surface area contributed by atoms with E-state index in [1.165, 1.54) is 0 Å². The van der Waals surface area contributed by atoms with Crippen molar-refractivity contribution >= 4 is 11.5 Å². The highest BCUT2D eigenvalue weighted by Gasteiger charge is 2.10. The Kier molecular flexibility index (Phi) is 3.67. The Labute approximate surface area is 96.5 Å². The van der Waals surface area contributed by atoms with E-state index in [1.807, 2.05) is 39.0 Å². The third kappa shape index (κ3) is 2.22. The zero-order valence-corrected chi connectivity index (χ0v) is 10.0. The second kappa shape index (κ2) is 4.79. The van der Waals surface area contributed by atoms with Gasteiger partial charge in [0.2, 0.25) is 5.91 Å². The second-order valence-corrected chi connectivity index (χ2v) is 3.79. The van der Waals surface area contributed by atoms with Gasteiger partial charge in [0.15, 0.2) is 0 Å². The van der Waals surface area contributed by atoms with Crippen molar-refractivity contribution in [2.45, 2.75) is 20.8 Å². The van der Waals surface area contributed by atoms with Crippen LogP contribution in [-0.4, -0.2) is 5.91 Å². The summed E-state index contributed by atoms with van der Waals surface area (Å²) in [6, 6.07) is 3.81. The van der Waals surface area contributed by atoms with E-state index in [2.05, 4.69) is 6.58 Å². The van der Waals surface area contributed by atoms with Crippen molar-refractivity contribution in [2.75, 3.05) is 0 Å². The lowest BCUT2D eigenvalue weighted by atomic mass is 9.94. The van der Waals surface area contributed by atoms with Crippen LogP contribution < -0.4 is 5.73 Å². The molecule has 84 valence electrons. The van der Waals surface area contributed by atoms with E-state index in [9.17, 15) is 4.79 Å². The smallest absolute Gasteiger partial charge is 0.248 e. The van der Waals surface area contributed by atoms with Gasteiger partial charge in [0.1, 0.15) is 0 Å². The molecule has 0 unspecified atom stereocenters. The molecule has 0 aliphatic rings. The number of allylic oxidation sites excluding steroid dienone is 3. The maximum absolute atomic E-state index is 11.3. The number of hydrogen-bond acceptors (Lipinski definition) is 1. The fourth-order valence-electron chi connectivity index (χ4n) is 1.81. The highest BCUT2D eigenvalue weighted by Crippen LogP contribution is 2.23. The maximum atomic E-state index is 11.3. The van der Waals surface area contributed by atoms with Crippen LogP contribution in [0.2, 0.25) is 0 Å². The van der Waals surface area contributed by atoms with Crippen molar-refractivity contribution in [3.63, 3.8) is 0 Å². The molecule has 1 aromatic rings. The van der Waals surface area contributed by atoms with E-state index >= 15 is 0 Å². The van der Waals surface area contributed by atoms with Gasteiger partial charge in [-0.1, -0.05) is 24.8 Å². The number of carbonyl (C=O) groups excluding carboxylic acids is 1. The van der Waals surface area contributed by atoms with Gasteiger partial charge in [-0.15, -0.1) is 0 Å². The quantitative estimate of drug-likeness (QED) is 0.774. The summed E-state index contributed by atoms with van der Waals surface area (Å²) >= 11 is 0. The first-order valence-corrected chi connectivity index (χ1v) is 5.21. The van der Waals surface area contributed by atoms with Crippen LogP contribution in [0.1, 0.15) is 34.0 Å². The number of benzene rings is 1. The Hall–Kier alpha value is -1.83. The van der Waals surface area contributed by atoms with E-state index < -0.39 is 5.91 Å². The third-order valence-corrected chi connectivity index (χ3v) is 2.68. The Bertz CT molecular complexity index is 470. The summed E-state index contributed by atoms with van der Waals surface area (Å²) in [4.78, 5) is 11.3. The normalized spacial score (nSPS) is 11.3. The Morgan fingerprint density at radius 2 is 1.81 bits per heavy atom. The largest absolute Gasteiger partial charge is 0.366 e. The third-order valence-electron chi connectivity index (χ3n) is 2.68. The highest BCUT2D eigenvalue weighted by molar-refractivity contribution is 5.95. The van der Waals surface area contributed by atoms with Gasteiger partial charge in [-0.25, -0.2) is 0 Å². The van der Waals surface area contributed by atoms with E-state index in [-0.39, 0.29) is 0 Å². The first kappa shape index (κ1) is 12.2. The monoisotopic (exact) mass is 215 g/mol. The summed E-state index contributed by atoms with van der Waals surface area (Å²) in [5.41, 5.74) is 9.96. The molecule has 0 aliphatic carbocycles. The number of carbonyl (C=O) groups is 1. The molecular weight excluding hydrogens is 198 g/mol.